The molecule has 2 aromatic rings. The molecule has 49 heavy (non-hydrogen) atoms. The average molecular weight is 709 g/mol. The van der Waals surface area contributed by atoms with Gasteiger partial charge in [0.25, 0.3) is 0 Å². The van der Waals surface area contributed by atoms with Crippen LogP contribution in [0, 0.1) is 17.3 Å². The average Bonchev–Trinajstić information content (AvgIpc) is 3.59. The standard InChI is InChI=1S/C36H40N2O9S2/c1-19-13-22-28(41)21-5-4-6-23-27(21)29(42)35(22,25(40)14-19)17-48-49-18-38-26-15-20(8-12-37-26)33(9-2-3-10-33)24-7-11-34(16-39)32(44)36(24,45)30(43)31(46-23)47-34/h4-6,8,12-15,22,24,30-32,39-40,43-45H,2-3,7,9-11,16-18H2,1H3,(H,37,38)/t22-,24-,30+,31-,32-,34-,35+,36-/m1/s1. The normalized spacial score (nSPS) is 38.0. The molecule has 2 aliphatic heterocycles. The number of aromatic nitrogens is 1. The minimum atomic E-state index is -2.18. The van der Waals surface area contributed by atoms with Gasteiger partial charge in [-0.3, -0.25) is 9.59 Å². The van der Waals surface area contributed by atoms with Crippen molar-refractivity contribution in [1.29, 1.82) is 0 Å². The molecular formula is C36H40N2O9S2. The number of aliphatic hydroxyl groups is 5. The van der Waals surface area contributed by atoms with Gasteiger partial charge in [0.05, 0.1) is 24.0 Å². The highest BCUT2D eigenvalue weighted by Crippen LogP contribution is 2.60. The van der Waals surface area contributed by atoms with E-state index in [4.69, 9.17) is 9.47 Å². The Hall–Kier alpha value is -2.91. The Morgan fingerprint density at radius 2 is 1.90 bits per heavy atom. The zero-order valence-electron chi connectivity index (χ0n) is 27.0. The number of rotatable bonds is 1. The lowest BCUT2D eigenvalue weighted by Crippen LogP contribution is -2.79. The molecule has 1 aromatic heterocycles. The molecule has 1 aromatic carbocycles. The van der Waals surface area contributed by atoms with Crippen molar-refractivity contribution < 1.29 is 44.6 Å². The number of ketones is 2. The summed E-state index contributed by atoms with van der Waals surface area (Å²) >= 11 is 0. The third kappa shape index (κ3) is 4.59. The lowest BCUT2D eigenvalue weighted by molar-refractivity contribution is -0.381. The van der Waals surface area contributed by atoms with Gasteiger partial charge in [-0.25, -0.2) is 4.98 Å². The Kier molecular flexibility index (Phi) is 8.02. The van der Waals surface area contributed by atoms with Crippen molar-refractivity contribution in [3.05, 3.63) is 76.7 Å². The Morgan fingerprint density at radius 3 is 2.67 bits per heavy atom. The summed E-state index contributed by atoms with van der Waals surface area (Å²) in [5, 5.41) is 62.3. The maximum atomic E-state index is 14.8. The largest absolute Gasteiger partial charge is 0.511 e. The lowest BCUT2D eigenvalue weighted by atomic mass is 9.52. The van der Waals surface area contributed by atoms with Crippen molar-refractivity contribution in [2.45, 2.75) is 80.6 Å². The minimum absolute atomic E-state index is 0.0541. The van der Waals surface area contributed by atoms with E-state index in [9.17, 15) is 35.1 Å². The Balaban J connectivity index is 1.31. The first-order valence-corrected chi connectivity index (χ1v) is 19.3. The highest BCUT2D eigenvalue weighted by atomic mass is 33.1. The summed E-state index contributed by atoms with van der Waals surface area (Å²) in [5.74, 6) is -1.66. The number of nitrogens with one attached hydrogen (secondary N) is 1. The van der Waals surface area contributed by atoms with Crippen LogP contribution in [0.2, 0.25) is 0 Å². The number of nitrogens with zero attached hydrogens (tertiary/aromatic N) is 1. The third-order valence-electron chi connectivity index (χ3n) is 12.1. The zero-order valence-corrected chi connectivity index (χ0v) is 28.6. The number of allylic oxidation sites excluding steroid dienone is 4. The number of aliphatic hydroxyl groups excluding tert-OH is 4. The minimum Gasteiger partial charge on any atom is -0.511 e. The van der Waals surface area contributed by atoms with Crippen molar-refractivity contribution in [2.24, 2.45) is 17.3 Å². The first-order valence-electron chi connectivity index (χ1n) is 16.8. The molecular weight excluding hydrogens is 669 g/mol. The fourth-order valence-electron chi connectivity index (χ4n) is 9.67. The fourth-order valence-corrected chi connectivity index (χ4v) is 11.9. The Morgan fingerprint density at radius 1 is 1.10 bits per heavy atom. The quantitative estimate of drug-likeness (QED) is 0.234. The van der Waals surface area contributed by atoms with Crippen LogP contribution in [-0.4, -0.2) is 90.0 Å². The van der Waals surface area contributed by atoms with Crippen LogP contribution in [0.15, 0.2) is 60.0 Å². The molecule has 2 saturated carbocycles. The molecule has 260 valence electrons. The molecule has 3 fully saturated rings. The number of ether oxygens (including phenoxy) is 2. The number of carbonyl (C=O) groups is 2. The number of hydrogen-bond acceptors (Lipinski definition) is 13. The first-order chi connectivity index (χ1) is 23.5. The maximum Gasteiger partial charge on any atom is 0.229 e. The van der Waals surface area contributed by atoms with Crippen LogP contribution in [-0.2, 0) is 10.2 Å². The maximum absolute atomic E-state index is 14.8. The molecule has 0 amide bonds. The number of hydrogen-bond donors (Lipinski definition) is 6. The summed E-state index contributed by atoms with van der Waals surface area (Å²) < 4.78 is 12.6. The van der Waals surface area contributed by atoms with Gasteiger partial charge in [0.1, 0.15) is 46.2 Å². The van der Waals surface area contributed by atoms with E-state index >= 15 is 0 Å². The van der Waals surface area contributed by atoms with E-state index in [0.29, 0.717) is 36.5 Å². The third-order valence-corrected chi connectivity index (χ3v) is 14.3. The van der Waals surface area contributed by atoms with Crippen LogP contribution < -0.4 is 10.1 Å². The molecule has 1 saturated heterocycles. The van der Waals surface area contributed by atoms with E-state index < -0.39 is 64.8 Å². The first kappa shape index (κ1) is 33.2. The SMILES string of the molecule is CC1=C[C@@H]2C(=O)c3cccc4c3C(=O)[C@]2(CSSCNc2cc(ccn2)C2(CCCC2)[C@H]2CC[C@]3(CO)O[C@@H](O4)[C@H](O)[C@@]2(O)[C@@H]3O)C(O)=C1. The summed E-state index contributed by atoms with van der Waals surface area (Å²) in [6.07, 6.45) is 3.58. The Labute approximate surface area is 291 Å². The van der Waals surface area contributed by atoms with Crippen molar-refractivity contribution in [3.8, 4) is 5.75 Å². The van der Waals surface area contributed by atoms with E-state index in [2.05, 4.69) is 10.3 Å². The molecule has 11 nitrogen and oxygen atoms in total. The molecule has 6 aliphatic rings. The van der Waals surface area contributed by atoms with Gasteiger partial charge < -0.3 is 40.3 Å². The molecule has 4 aliphatic carbocycles. The second-order valence-electron chi connectivity index (χ2n) is 14.4. The molecule has 8 atom stereocenters. The second kappa shape index (κ2) is 11.8. The number of carbonyl (C=O) groups excluding carboxylic acids is 2. The molecule has 2 spiro atoms. The Bertz CT molecular complexity index is 1780. The summed E-state index contributed by atoms with van der Waals surface area (Å²) in [5.41, 5.74) is -4.43. The molecule has 8 rings (SSSR count). The highest BCUT2D eigenvalue weighted by Gasteiger charge is 2.71. The van der Waals surface area contributed by atoms with Gasteiger partial charge in [0.15, 0.2) is 11.6 Å². The van der Waals surface area contributed by atoms with Gasteiger partial charge in [-0.2, -0.15) is 0 Å². The monoisotopic (exact) mass is 708 g/mol. The molecule has 13 heteroatoms. The second-order valence-corrected chi connectivity index (χ2v) is 16.9. The summed E-state index contributed by atoms with van der Waals surface area (Å²) in [7, 11) is 2.80. The number of pyridine rings is 1. The van der Waals surface area contributed by atoms with Crippen LogP contribution in [0.1, 0.15) is 71.7 Å². The number of fused-ring (bicyclic) bond motifs is 6. The van der Waals surface area contributed by atoms with Gasteiger partial charge in [-0.15, -0.1) is 0 Å². The number of anilines is 1. The lowest BCUT2D eigenvalue weighted by Gasteiger charge is -2.62. The van der Waals surface area contributed by atoms with Crippen molar-refractivity contribution in [2.75, 3.05) is 23.6 Å². The molecule has 3 heterocycles. The van der Waals surface area contributed by atoms with E-state index in [-0.39, 0.29) is 40.6 Å². The van der Waals surface area contributed by atoms with Crippen LogP contribution in [0.5, 0.6) is 5.75 Å². The summed E-state index contributed by atoms with van der Waals surface area (Å²) in [4.78, 5) is 33.5. The smallest absolute Gasteiger partial charge is 0.229 e. The van der Waals surface area contributed by atoms with Crippen LogP contribution in [0.3, 0.4) is 0 Å². The molecule has 7 bridgehead atoms. The van der Waals surface area contributed by atoms with Crippen molar-refractivity contribution >= 4 is 39.0 Å². The topological polar surface area (TPSA) is 179 Å². The zero-order chi connectivity index (χ0) is 34.3. The molecule has 0 radical (unpaired) electrons. The summed E-state index contributed by atoms with van der Waals surface area (Å²) in [6, 6.07) is 8.51. The number of Topliss-reactive ketones (excluding diaryl/α,β-unsaturated/α-hetero) is 2. The summed E-state index contributed by atoms with van der Waals surface area (Å²) in [6.45, 7) is 1.11. The predicted octanol–water partition coefficient (Wildman–Crippen LogP) is 4.07. The van der Waals surface area contributed by atoms with E-state index in [0.717, 1.165) is 18.4 Å². The number of benzene rings is 1. The predicted molar refractivity (Wildman–Crippen MR) is 183 cm³/mol. The van der Waals surface area contributed by atoms with E-state index in [1.807, 2.05) is 12.1 Å². The van der Waals surface area contributed by atoms with Crippen LogP contribution in [0.4, 0.5) is 5.82 Å². The van der Waals surface area contributed by atoms with Crippen LogP contribution in [0.25, 0.3) is 0 Å². The van der Waals surface area contributed by atoms with E-state index in [1.165, 1.54) is 33.7 Å². The van der Waals surface area contributed by atoms with Gasteiger partial charge in [-0.05, 0) is 62.4 Å². The van der Waals surface area contributed by atoms with Gasteiger partial charge in [0.2, 0.25) is 6.29 Å². The van der Waals surface area contributed by atoms with Crippen molar-refractivity contribution in [3.63, 3.8) is 0 Å². The van der Waals surface area contributed by atoms with Gasteiger partial charge in [-0.1, -0.05) is 58.2 Å². The fraction of sp³-hybridized carbons (Fsp3) is 0.528. The van der Waals surface area contributed by atoms with Crippen molar-refractivity contribution in [1.82, 2.24) is 4.98 Å². The van der Waals surface area contributed by atoms with Gasteiger partial charge >= 0.3 is 0 Å². The molecule has 0 unspecified atom stereocenters. The van der Waals surface area contributed by atoms with Gasteiger partial charge in [0, 0.05) is 28.8 Å². The highest BCUT2D eigenvalue weighted by molar-refractivity contribution is 8.76. The van der Waals surface area contributed by atoms with E-state index in [1.54, 1.807) is 31.3 Å². The van der Waals surface area contributed by atoms with Crippen LogP contribution >= 0.6 is 21.6 Å². The molecule has 6 N–H and O–H groups in total.